The standard InChI is InChI=1S/C31H32N2O4/c1-4-33-22-28(27-8-5-6-9-29(27)35-2)32-30(33)20-13-23-11-14-24(15-12-23)25-16-18-26(19-17-25)37-21-7-10-31(34)36-3/h5-6,8-9,11-20,22H,4,7,10,21H2,1-3H3. The number of hydrogen-bond acceptors (Lipinski definition) is 5. The fraction of sp³-hybridized carbons (Fsp3) is 0.226. The predicted molar refractivity (Wildman–Crippen MR) is 147 cm³/mol. The number of benzene rings is 3. The number of para-hydroxylation sites is 1. The summed E-state index contributed by atoms with van der Waals surface area (Å²) < 4.78 is 18.0. The molecule has 0 amide bonds. The number of carbonyl (C=O) groups is 1. The van der Waals surface area contributed by atoms with Crippen LogP contribution in [0.4, 0.5) is 0 Å². The molecule has 0 bridgehead atoms. The van der Waals surface area contributed by atoms with E-state index in [9.17, 15) is 4.79 Å². The van der Waals surface area contributed by atoms with E-state index in [4.69, 9.17) is 14.5 Å². The number of methoxy groups -OCH3 is 2. The van der Waals surface area contributed by atoms with Crippen LogP contribution in [-0.4, -0.2) is 36.3 Å². The van der Waals surface area contributed by atoms with Crippen molar-refractivity contribution in [2.45, 2.75) is 26.3 Å². The van der Waals surface area contributed by atoms with Crippen molar-refractivity contribution >= 4 is 18.1 Å². The first-order chi connectivity index (χ1) is 18.1. The molecular weight excluding hydrogens is 464 g/mol. The summed E-state index contributed by atoms with van der Waals surface area (Å²) in [5, 5.41) is 0. The molecule has 0 aliphatic heterocycles. The Hall–Kier alpha value is -4.32. The van der Waals surface area contributed by atoms with Gasteiger partial charge in [0.1, 0.15) is 17.3 Å². The second-order valence-electron chi connectivity index (χ2n) is 8.48. The van der Waals surface area contributed by atoms with E-state index >= 15 is 0 Å². The summed E-state index contributed by atoms with van der Waals surface area (Å²) in [5.41, 5.74) is 5.21. The number of ether oxygens (including phenoxy) is 3. The van der Waals surface area contributed by atoms with Crippen LogP contribution in [0.1, 0.15) is 31.2 Å². The molecule has 4 rings (SSSR count). The maximum Gasteiger partial charge on any atom is 0.305 e. The molecular formula is C31H32N2O4. The maximum atomic E-state index is 11.2. The molecule has 1 heterocycles. The van der Waals surface area contributed by atoms with Crippen LogP contribution in [0, 0.1) is 0 Å². The van der Waals surface area contributed by atoms with Gasteiger partial charge in [0.2, 0.25) is 0 Å². The molecule has 0 atom stereocenters. The second-order valence-corrected chi connectivity index (χ2v) is 8.48. The highest BCUT2D eigenvalue weighted by molar-refractivity contribution is 5.73. The highest BCUT2D eigenvalue weighted by Gasteiger charge is 2.11. The molecule has 0 aliphatic carbocycles. The van der Waals surface area contributed by atoms with Gasteiger partial charge >= 0.3 is 5.97 Å². The Balaban J connectivity index is 1.40. The van der Waals surface area contributed by atoms with Gasteiger partial charge in [0.25, 0.3) is 0 Å². The van der Waals surface area contributed by atoms with Gasteiger partial charge in [0.05, 0.1) is 26.5 Å². The third-order valence-electron chi connectivity index (χ3n) is 6.08. The fourth-order valence-electron chi connectivity index (χ4n) is 4.01. The van der Waals surface area contributed by atoms with E-state index in [0.29, 0.717) is 19.4 Å². The number of hydrogen-bond donors (Lipinski definition) is 0. The van der Waals surface area contributed by atoms with Crippen molar-refractivity contribution in [2.24, 2.45) is 0 Å². The Morgan fingerprint density at radius 1 is 0.919 bits per heavy atom. The summed E-state index contributed by atoms with van der Waals surface area (Å²) in [6.45, 7) is 3.41. The molecule has 0 saturated heterocycles. The summed E-state index contributed by atoms with van der Waals surface area (Å²) in [6, 6.07) is 24.3. The zero-order valence-electron chi connectivity index (χ0n) is 21.5. The van der Waals surface area contributed by atoms with Crippen LogP contribution < -0.4 is 9.47 Å². The second kappa shape index (κ2) is 12.6. The van der Waals surface area contributed by atoms with Crippen LogP contribution in [0.15, 0.2) is 79.0 Å². The molecule has 0 fully saturated rings. The van der Waals surface area contributed by atoms with Crippen LogP contribution in [0.25, 0.3) is 34.5 Å². The fourth-order valence-corrected chi connectivity index (χ4v) is 4.01. The van der Waals surface area contributed by atoms with Gasteiger partial charge in [-0.05, 0) is 60.4 Å². The van der Waals surface area contributed by atoms with Gasteiger partial charge in [-0.15, -0.1) is 0 Å². The monoisotopic (exact) mass is 496 g/mol. The normalized spacial score (nSPS) is 11.0. The van der Waals surface area contributed by atoms with Crippen LogP contribution in [0.5, 0.6) is 11.5 Å². The molecule has 190 valence electrons. The summed E-state index contributed by atoms with van der Waals surface area (Å²) >= 11 is 0. The number of aromatic nitrogens is 2. The molecule has 0 unspecified atom stereocenters. The molecule has 1 aromatic heterocycles. The number of aryl methyl sites for hydroxylation is 1. The summed E-state index contributed by atoms with van der Waals surface area (Å²) in [6.07, 6.45) is 7.18. The highest BCUT2D eigenvalue weighted by atomic mass is 16.5. The summed E-state index contributed by atoms with van der Waals surface area (Å²) in [4.78, 5) is 16.0. The first kappa shape index (κ1) is 25.8. The zero-order valence-corrected chi connectivity index (χ0v) is 21.5. The topological polar surface area (TPSA) is 62.6 Å². The van der Waals surface area contributed by atoms with Gasteiger partial charge in [0, 0.05) is 24.7 Å². The Labute approximate surface area is 218 Å². The van der Waals surface area contributed by atoms with Crippen molar-refractivity contribution < 1.29 is 19.0 Å². The quantitative estimate of drug-likeness (QED) is 0.170. The minimum atomic E-state index is -0.217. The summed E-state index contributed by atoms with van der Waals surface area (Å²) in [7, 11) is 3.07. The van der Waals surface area contributed by atoms with Crippen molar-refractivity contribution in [3.63, 3.8) is 0 Å². The van der Waals surface area contributed by atoms with E-state index < -0.39 is 0 Å². The third kappa shape index (κ3) is 6.67. The number of nitrogens with zero attached hydrogens (tertiary/aromatic N) is 2. The lowest BCUT2D eigenvalue weighted by Gasteiger charge is -2.07. The van der Waals surface area contributed by atoms with Crippen LogP contribution >= 0.6 is 0 Å². The lowest BCUT2D eigenvalue weighted by Crippen LogP contribution is -2.04. The minimum Gasteiger partial charge on any atom is -0.496 e. The van der Waals surface area contributed by atoms with Gasteiger partial charge in [-0.2, -0.15) is 0 Å². The van der Waals surface area contributed by atoms with Crippen molar-refractivity contribution in [3.8, 4) is 33.9 Å². The lowest BCUT2D eigenvalue weighted by atomic mass is 10.0. The van der Waals surface area contributed by atoms with E-state index in [-0.39, 0.29) is 5.97 Å². The van der Waals surface area contributed by atoms with Gasteiger partial charge in [-0.1, -0.05) is 54.6 Å². The molecule has 0 aliphatic rings. The third-order valence-corrected chi connectivity index (χ3v) is 6.08. The SMILES string of the molecule is CCn1cc(-c2ccccc2OC)nc1C=Cc1ccc(-c2ccc(OCCCC(=O)OC)cc2)cc1. The van der Waals surface area contributed by atoms with Crippen LogP contribution in [0.2, 0.25) is 0 Å². The number of imidazole rings is 1. The van der Waals surface area contributed by atoms with E-state index in [1.807, 2.05) is 54.6 Å². The molecule has 4 aromatic rings. The van der Waals surface area contributed by atoms with E-state index in [1.165, 1.54) is 7.11 Å². The summed E-state index contributed by atoms with van der Waals surface area (Å²) in [5.74, 6) is 2.28. The number of carbonyl (C=O) groups excluding carboxylic acids is 1. The van der Waals surface area contributed by atoms with Gasteiger partial charge in [-0.3, -0.25) is 4.79 Å². The maximum absolute atomic E-state index is 11.2. The van der Waals surface area contributed by atoms with E-state index in [0.717, 1.165) is 51.8 Å². The molecule has 37 heavy (non-hydrogen) atoms. The van der Waals surface area contributed by atoms with Crippen LogP contribution in [-0.2, 0) is 16.1 Å². The Kier molecular flexibility index (Phi) is 8.76. The van der Waals surface area contributed by atoms with Crippen LogP contribution in [0.3, 0.4) is 0 Å². The zero-order chi connectivity index (χ0) is 26.0. The van der Waals surface area contributed by atoms with Gasteiger partial charge in [-0.25, -0.2) is 4.98 Å². The number of rotatable bonds is 11. The Morgan fingerprint density at radius 2 is 1.62 bits per heavy atom. The van der Waals surface area contributed by atoms with Crippen molar-refractivity contribution in [1.82, 2.24) is 9.55 Å². The molecule has 0 saturated carbocycles. The molecule has 0 spiro atoms. The van der Waals surface area contributed by atoms with Crippen molar-refractivity contribution in [2.75, 3.05) is 20.8 Å². The largest absolute Gasteiger partial charge is 0.496 e. The predicted octanol–water partition coefficient (Wildman–Crippen LogP) is 6.75. The van der Waals surface area contributed by atoms with Crippen molar-refractivity contribution in [3.05, 3.63) is 90.4 Å². The van der Waals surface area contributed by atoms with Gasteiger partial charge < -0.3 is 18.8 Å². The molecule has 0 N–H and O–H groups in total. The average molecular weight is 497 g/mol. The molecule has 0 radical (unpaired) electrons. The first-order valence-electron chi connectivity index (χ1n) is 12.4. The highest BCUT2D eigenvalue weighted by Crippen LogP contribution is 2.29. The minimum absolute atomic E-state index is 0.217. The molecule has 6 heteroatoms. The number of esters is 1. The Morgan fingerprint density at radius 3 is 2.30 bits per heavy atom. The smallest absolute Gasteiger partial charge is 0.305 e. The van der Waals surface area contributed by atoms with Gasteiger partial charge in [0.15, 0.2) is 0 Å². The van der Waals surface area contributed by atoms with Crippen molar-refractivity contribution in [1.29, 1.82) is 0 Å². The first-order valence-corrected chi connectivity index (χ1v) is 12.4. The molecule has 3 aromatic carbocycles. The van der Waals surface area contributed by atoms with E-state index in [2.05, 4.69) is 52.8 Å². The molecule has 6 nitrogen and oxygen atoms in total. The lowest BCUT2D eigenvalue weighted by molar-refractivity contribution is -0.140. The Bertz CT molecular complexity index is 1340. The van der Waals surface area contributed by atoms with E-state index in [1.54, 1.807) is 7.11 Å². The average Bonchev–Trinajstić information content (AvgIpc) is 3.37.